The molecule has 28 heavy (non-hydrogen) atoms. The second-order valence-electron chi connectivity index (χ2n) is 6.39. The predicted molar refractivity (Wildman–Crippen MR) is 104 cm³/mol. The number of aromatic hydroxyl groups is 1. The average molecular weight is 403 g/mol. The van der Waals surface area contributed by atoms with E-state index in [-0.39, 0.29) is 22.9 Å². The standard InChI is InChI=1S/C19H21N3O5S/c23-17-9-8-15(28(26,27)22-10-4-5-11-22)12-16(17)21-18(24)13-20-19(25)14-6-2-1-3-7-14/h1-3,6-9,12,23H,4-5,10-11,13H2,(H,20,25)(H,21,24). The third kappa shape index (κ3) is 4.49. The molecule has 0 atom stereocenters. The van der Waals surface area contributed by atoms with Gasteiger partial charge in [-0.2, -0.15) is 4.31 Å². The molecule has 8 nitrogen and oxygen atoms in total. The van der Waals surface area contributed by atoms with Crippen LogP contribution >= 0.6 is 0 Å². The van der Waals surface area contributed by atoms with Crippen molar-refractivity contribution < 1.29 is 23.1 Å². The summed E-state index contributed by atoms with van der Waals surface area (Å²) in [4.78, 5) is 24.1. The van der Waals surface area contributed by atoms with Crippen LogP contribution < -0.4 is 10.6 Å². The van der Waals surface area contributed by atoms with Gasteiger partial charge in [0.05, 0.1) is 17.1 Å². The Morgan fingerprint density at radius 2 is 1.71 bits per heavy atom. The first-order chi connectivity index (χ1) is 13.4. The molecule has 2 amide bonds. The zero-order valence-corrected chi connectivity index (χ0v) is 15.9. The summed E-state index contributed by atoms with van der Waals surface area (Å²) in [5, 5.41) is 14.9. The Kier molecular flexibility index (Phi) is 5.96. The third-order valence-electron chi connectivity index (χ3n) is 4.39. The van der Waals surface area contributed by atoms with Crippen molar-refractivity contribution in [3.8, 4) is 5.75 Å². The molecule has 1 aliphatic heterocycles. The monoisotopic (exact) mass is 403 g/mol. The first-order valence-electron chi connectivity index (χ1n) is 8.84. The summed E-state index contributed by atoms with van der Waals surface area (Å²) in [5.41, 5.74) is 0.385. The van der Waals surface area contributed by atoms with Crippen molar-refractivity contribution >= 4 is 27.5 Å². The zero-order chi connectivity index (χ0) is 20.1. The summed E-state index contributed by atoms with van der Waals surface area (Å²) in [6, 6.07) is 12.2. The van der Waals surface area contributed by atoms with Crippen molar-refractivity contribution in [2.75, 3.05) is 25.0 Å². The first-order valence-corrected chi connectivity index (χ1v) is 10.3. The lowest BCUT2D eigenvalue weighted by Crippen LogP contribution is -2.33. The van der Waals surface area contributed by atoms with Crippen LogP contribution in [0.15, 0.2) is 53.4 Å². The van der Waals surface area contributed by atoms with E-state index in [1.165, 1.54) is 22.5 Å². The van der Waals surface area contributed by atoms with Crippen molar-refractivity contribution in [2.24, 2.45) is 0 Å². The summed E-state index contributed by atoms with van der Waals surface area (Å²) in [6.07, 6.45) is 1.62. The normalized spacial score (nSPS) is 14.6. The molecule has 1 aliphatic rings. The summed E-state index contributed by atoms with van der Waals surface area (Å²) in [6.45, 7) is 0.586. The van der Waals surface area contributed by atoms with E-state index in [4.69, 9.17) is 0 Å². The Bertz CT molecular complexity index is 970. The molecule has 1 saturated heterocycles. The van der Waals surface area contributed by atoms with Crippen molar-refractivity contribution in [3.05, 3.63) is 54.1 Å². The molecule has 0 aromatic heterocycles. The van der Waals surface area contributed by atoms with Crippen molar-refractivity contribution in [2.45, 2.75) is 17.7 Å². The minimum Gasteiger partial charge on any atom is -0.506 e. The number of carbonyl (C=O) groups is 2. The van der Waals surface area contributed by atoms with E-state index >= 15 is 0 Å². The van der Waals surface area contributed by atoms with Crippen LogP contribution in [0.25, 0.3) is 0 Å². The number of carbonyl (C=O) groups excluding carboxylic acids is 2. The topological polar surface area (TPSA) is 116 Å². The molecule has 3 rings (SSSR count). The van der Waals surface area contributed by atoms with Gasteiger partial charge in [-0.1, -0.05) is 18.2 Å². The van der Waals surface area contributed by atoms with Gasteiger partial charge in [-0.3, -0.25) is 9.59 Å². The number of hydrogen-bond donors (Lipinski definition) is 3. The molecule has 0 aliphatic carbocycles. The summed E-state index contributed by atoms with van der Waals surface area (Å²) < 4.78 is 26.6. The van der Waals surface area contributed by atoms with Crippen LogP contribution in [0.2, 0.25) is 0 Å². The number of nitrogens with one attached hydrogen (secondary N) is 2. The Labute approximate surface area is 163 Å². The van der Waals surface area contributed by atoms with Gasteiger partial charge >= 0.3 is 0 Å². The number of hydrogen-bond acceptors (Lipinski definition) is 5. The van der Waals surface area contributed by atoms with Gasteiger partial charge in [-0.05, 0) is 43.2 Å². The SMILES string of the molecule is O=C(CNC(=O)c1ccccc1)Nc1cc(S(=O)(=O)N2CCCC2)ccc1O. The quantitative estimate of drug-likeness (QED) is 0.633. The molecule has 1 fully saturated rings. The number of anilines is 1. The van der Waals surface area contributed by atoms with Crippen LogP contribution in [0.5, 0.6) is 5.75 Å². The smallest absolute Gasteiger partial charge is 0.251 e. The largest absolute Gasteiger partial charge is 0.506 e. The van der Waals surface area contributed by atoms with E-state index < -0.39 is 21.8 Å². The molecule has 3 N–H and O–H groups in total. The van der Waals surface area contributed by atoms with Crippen molar-refractivity contribution in [1.82, 2.24) is 9.62 Å². The van der Waals surface area contributed by atoms with Crippen LogP contribution in [0.3, 0.4) is 0 Å². The highest BCUT2D eigenvalue weighted by molar-refractivity contribution is 7.89. The molecular weight excluding hydrogens is 382 g/mol. The van der Waals surface area contributed by atoms with E-state index in [1.54, 1.807) is 30.3 Å². The van der Waals surface area contributed by atoms with E-state index in [0.29, 0.717) is 18.7 Å². The Morgan fingerprint density at radius 3 is 2.39 bits per heavy atom. The highest BCUT2D eigenvalue weighted by Gasteiger charge is 2.27. The highest BCUT2D eigenvalue weighted by atomic mass is 32.2. The average Bonchev–Trinajstić information content (AvgIpc) is 3.24. The molecule has 1 heterocycles. The Balaban J connectivity index is 1.66. The van der Waals surface area contributed by atoms with E-state index in [9.17, 15) is 23.1 Å². The van der Waals surface area contributed by atoms with Gasteiger partial charge in [-0.25, -0.2) is 8.42 Å². The van der Waals surface area contributed by atoms with E-state index in [1.807, 2.05) is 0 Å². The van der Waals surface area contributed by atoms with E-state index in [2.05, 4.69) is 10.6 Å². The lowest BCUT2D eigenvalue weighted by Gasteiger charge is -2.16. The number of phenolic OH excluding ortho intramolecular Hbond substituents is 1. The molecule has 0 saturated carbocycles. The van der Waals surface area contributed by atoms with Crippen LogP contribution in [-0.2, 0) is 14.8 Å². The fraction of sp³-hybridized carbons (Fsp3) is 0.263. The Morgan fingerprint density at radius 1 is 1.04 bits per heavy atom. The lowest BCUT2D eigenvalue weighted by molar-refractivity contribution is -0.115. The summed E-state index contributed by atoms with van der Waals surface area (Å²) in [5.74, 6) is -1.26. The third-order valence-corrected chi connectivity index (χ3v) is 6.29. The van der Waals surface area contributed by atoms with Gasteiger partial charge in [0.2, 0.25) is 15.9 Å². The van der Waals surface area contributed by atoms with Gasteiger partial charge in [0.25, 0.3) is 5.91 Å². The van der Waals surface area contributed by atoms with Crippen LogP contribution in [-0.4, -0.2) is 49.3 Å². The molecule has 0 radical (unpaired) electrons. The van der Waals surface area contributed by atoms with Crippen molar-refractivity contribution in [1.29, 1.82) is 0 Å². The minimum atomic E-state index is -3.67. The second kappa shape index (κ2) is 8.41. The second-order valence-corrected chi connectivity index (χ2v) is 8.32. The molecule has 148 valence electrons. The number of benzene rings is 2. The summed E-state index contributed by atoms with van der Waals surface area (Å²) >= 11 is 0. The number of rotatable bonds is 6. The molecule has 2 aromatic rings. The molecule has 0 unspecified atom stereocenters. The van der Waals surface area contributed by atoms with Gasteiger partial charge in [0.1, 0.15) is 5.75 Å². The van der Waals surface area contributed by atoms with Crippen LogP contribution in [0.4, 0.5) is 5.69 Å². The maximum absolute atomic E-state index is 12.6. The van der Waals surface area contributed by atoms with Crippen molar-refractivity contribution in [3.63, 3.8) is 0 Å². The molecule has 2 aromatic carbocycles. The van der Waals surface area contributed by atoms with Crippen LogP contribution in [0.1, 0.15) is 23.2 Å². The number of nitrogens with zero attached hydrogens (tertiary/aromatic N) is 1. The Hall–Kier alpha value is -2.91. The van der Waals surface area contributed by atoms with Crippen LogP contribution in [0, 0.1) is 0 Å². The zero-order valence-electron chi connectivity index (χ0n) is 15.1. The van der Waals surface area contributed by atoms with Gasteiger partial charge in [-0.15, -0.1) is 0 Å². The predicted octanol–water partition coefficient (Wildman–Crippen LogP) is 1.55. The maximum Gasteiger partial charge on any atom is 0.251 e. The highest BCUT2D eigenvalue weighted by Crippen LogP contribution is 2.29. The van der Waals surface area contributed by atoms with Gasteiger partial charge < -0.3 is 15.7 Å². The minimum absolute atomic E-state index is 0.00387. The van der Waals surface area contributed by atoms with Gasteiger partial charge in [0, 0.05) is 18.7 Å². The maximum atomic E-state index is 12.6. The molecular formula is C19H21N3O5S. The van der Waals surface area contributed by atoms with Gasteiger partial charge in [0.15, 0.2) is 0 Å². The molecule has 0 bridgehead atoms. The number of amides is 2. The first kappa shape index (κ1) is 19.8. The lowest BCUT2D eigenvalue weighted by atomic mass is 10.2. The molecule has 0 spiro atoms. The summed E-state index contributed by atoms with van der Waals surface area (Å²) in [7, 11) is -3.67. The number of phenols is 1. The fourth-order valence-corrected chi connectivity index (χ4v) is 4.44. The van der Waals surface area contributed by atoms with E-state index in [0.717, 1.165) is 12.8 Å². The molecule has 9 heteroatoms. The fourth-order valence-electron chi connectivity index (χ4n) is 2.90. The number of sulfonamides is 1.